The average Bonchev–Trinajstić information content (AvgIpc) is 2.28. The number of benzene rings is 1. The van der Waals surface area contributed by atoms with Crippen molar-refractivity contribution in [1.82, 2.24) is 0 Å². The molecule has 17 heavy (non-hydrogen) atoms. The maximum atomic E-state index is 12.1. The second-order valence-corrected chi connectivity index (χ2v) is 4.57. The molecule has 0 aromatic heterocycles. The van der Waals surface area contributed by atoms with Crippen LogP contribution in [-0.4, -0.2) is 12.7 Å². The van der Waals surface area contributed by atoms with Gasteiger partial charge in [-0.3, -0.25) is 0 Å². The molecule has 2 rings (SSSR count). The Balaban J connectivity index is 2.09. The topological polar surface area (TPSA) is 35.2 Å². The van der Waals surface area contributed by atoms with Gasteiger partial charge in [-0.25, -0.2) is 0 Å². The highest BCUT2D eigenvalue weighted by atomic mass is 19.3. The fraction of sp³-hybridized carbons (Fsp3) is 0.538. The smallest absolute Gasteiger partial charge is 0.387 e. The summed E-state index contributed by atoms with van der Waals surface area (Å²) >= 11 is 0. The van der Waals surface area contributed by atoms with E-state index in [9.17, 15) is 8.78 Å². The lowest BCUT2D eigenvalue weighted by molar-refractivity contribution is -0.0499. The average molecular weight is 241 g/mol. The zero-order chi connectivity index (χ0) is 12.3. The summed E-state index contributed by atoms with van der Waals surface area (Å²) in [4.78, 5) is 0. The van der Waals surface area contributed by atoms with Gasteiger partial charge in [0.05, 0.1) is 0 Å². The summed E-state index contributed by atoms with van der Waals surface area (Å²) in [7, 11) is 0. The Hall–Kier alpha value is -1.16. The van der Waals surface area contributed by atoms with Crippen molar-refractivity contribution in [2.45, 2.75) is 44.3 Å². The molecule has 1 aromatic rings. The minimum absolute atomic E-state index is 0.230. The molecule has 1 aliphatic rings. The molecule has 2 N–H and O–H groups in total. The number of rotatable bonds is 3. The van der Waals surface area contributed by atoms with E-state index in [-0.39, 0.29) is 11.8 Å². The lowest BCUT2D eigenvalue weighted by Crippen LogP contribution is -2.26. The first-order chi connectivity index (χ1) is 8.15. The Morgan fingerprint density at radius 2 is 2.12 bits per heavy atom. The molecule has 94 valence electrons. The van der Waals surface area contributed by atoms with E-state index in [1.54, 1.807) is 18.2 Å². The van der Waals surface area contributed by atoms with Crippen LogP contribution in [0.4, 0.5) is 8.78 Å². The maximum Gasteiger partial charge on any atom is 0.387 e. The zero-order valence-corrected chi connectivity index (χ0v) is 9.61. The minimum atomic E-state index is -2.76. The molecular formula is C13H17F2NO. The molecule has 1 saturated carbocycles. The van der Waals surface area contributed by atoms with Gasteiger partial charge in [0, 0.05) is 6.04 Å². The number of hydrogen-bond donors (Lipinski definition) is 1. The minimum Gasteiger partial charge on any atom is -0.435 e. The number of alkyl halides is 2. The number of nitrogens with two attached hydrogens (primary N) is 1. The maximum absolute atomic E-state index is 12.1. The van der Waals surface area contributed by atoms with Gasteiger partial charge in [0.15, 0.2) is 0 Å². The standard InChI is InChI=1S/C13H17F2NO/c14-13(15)17-12-6-2-4-10(8-12)9-3-1-5-11(16)7-9/h2,4,6,8-9,11,13H,1,3,5,7,16H2. The van der Waals surface area contributed by atoms with Crippen LogP contribution in [0.25, 0.3) is 0 Å². The van der Waals surface area contributed by atoms with Crippen molar-refractivity contribution in [3.8, 4) is 5.75 Å². The van der Waals surface area contributed by atoms with E-state index < -0.39 is 6.61 Å². The van der Waals surface area contributed by atoms with Gasteiger partial charge in [0.25, 0.3) is 0 Å². The highest BCUT2D eigenvalue weighted by Crippen LogP contribution is 2.33. The third kappa shape index (κ3) is 3.40. The van der Waals surface area contributed by atoms with Gasteiger partial charge in [-0.15, -0.1) is 0 Å². The molecule has 0 heterocycles. The van der Waals surface area contributed by atoms with E-state index >= 15 is 0 Å². The predicted molar refractivity (Wildman–Crippen MR) is 62.3 cm³/mol. The van der Waals surface area contributed by atoms with Crippen molar-refractivity contribution >= 4 is 0 Å². The van der Waals surface area contributed by atoms with E-state index in [1.807, 2.05) is 6.07 Å². The van der Waals surface area contributed by atoms with Crippen LogP contribution in [-0.2, 0) is 0 Å². The second kappa shape index (κ2) is 5.45. The Labute approximate surface area is 99.8 Å². The van der Waals surface area contributed by atoms with Gasteiger partial charge < -0.3 is 10.5 Å². The molecule has 0 amide bonds. The van der Waals surface area contributed by atoms with E-state index in [4.69, 9.17) is 5.73 Å². The first-order valence-corrected chi connectivity index (χ1v) is 5.95. The predicted octanol–water partition coefficient (Wildman–Crippen LogP) is 3.27. The molecule has 2 atom stereocenters. The monoisotopic (exact) mass is 241 g/mol. The Morgan fingerprint density at radius 1 is 1.29 bits per heavy atom. The summed E-state index contributed by atoms with van der Waals surface area (Å²) in [6, 6.07) is 7.20. The van der Waals surface area contributed by atoms with Crippen LogP contribution in [0.3, 0.4) is 0 Å². The Kier molecular flexibility index (Phi) is 3.94. The van der Waals surface area contributed by atoms with Crippen molar-refractivity contribution in [2.24, 2.45) is 5.73 Å². The summed E-state index contributed by atoms with van der Waals surface area (Å²) in [6.07, 6.45) is 4.17. The normalized spacial score (nSPS) is 24.9. The lowest BCUT2D eigenvalue weighted by Gasteiger charge is -2.27. The second-order valence-electron chi connectivity index (χ2n) is 4.57. The summed E-state index contributed by atoms with van der Waals surface area (Å²) in [5.41, 5.74) is 6.98. The fourth-order valence-corrected chi connectivity index (χ4v) is 2.48. The zero-order valence-electron chi connectivity index (χ0n) is 9.61. The van der Waals surface area contributed by atoms with E-state index in [1.165, 1.54) is 0 Å². The number of halogens is 2. The van der Waals surface area contributed by atoms with Gasteiger partial charge in [-0.2, -0.15) is 8.78 Å². The van der Waals surface area contributed by atoms with Gasteiger partial charge >= 0.3 is 6.61 Å². The van der Waals surface area contributed by atoms with Crippen LogP contribution in [0.15, 0.2) is 24.3 Å². The molecule has 2 unspecified atom stereocenters. The van der Waals surface area contributed by atoms with E-state index in [0.717, 1.165) is 31.2 Å². The Bertz CT molecular complexity index is 370. The largest absolute Gasteiger partial charge is 0.435 e. The number of ether oxygens (including phenoxy) is 1. The molecule has 0 spiro atoms. The third-order valence-corrected chi connectivity index (χ3v) is 3.27. The summed E-state index contributed by atoms with van der Waals surface area (Å²) in [6.45, 7) is -2.76. The summed E-state index contributed by atoms with van der Waals surface area (Å²) < 4.78 is 28.6. The Morgan fingerprint density at radius 3 is 2.82 bits per heavy atom. The number of hydrogen-bond acceptors (Lipinski definition) is 2. The first kappa shape index (κ1) is 12.3. The van der Waals surface area contributed by atoms with Crippen molar-refractivity contribution < 1.29 is 13.5 Å². The molecule has 0 bridgehead atoms. The summed E-state index contributed by atoms with van der Waals surface area (Å²) in [5, 5.41) is 0. The molecule has 0 saturated heterocycles. The van der Waals surface area contributed by atoms with Crippen molar-refractivity contribution in [1.29, 1.82) is 0 Å². The van der Waals surface area contributed by atoms with Gasteiger partial charge in [-0.05, 0) is 42.9 Å². The van der Waals surface area contributed by atoms with E-state index in [0.29, 0.717) is 5.92 Å². The van der Waals surface area contributed by atoms with Crippen molar-refractivity contribution in [2.75, 3.05) is 0 Å². The van der Waals surface area contributed by atoms with Gasteiger partial charge in [0.1, 0.15) is 5.75 Å². The van der Waals surface area contributed by atoms with Crippen LogP contribution < -0.4 is 10.5 Å². The molecule has 1 fully saturated rings. The quantitative estimate of drug-likeness (QED) is 0.881. The van der Waals surface area contributed by atoms with Crippen LogP contribution in [0, 0.1) is 0 Å². The van der Waals surface area contributed by atoms with Crippen LogP contribution >= 0.6 is 0 Å². The van der Waals surface area contributed by atoms with Crippen LogP contribution in [0.1, 0.15) is 37.2 Å². The van der Waals surface area contributed by atoms with Gasteiger partial charge in [0.2, 0.25) is 0 Å². The van der Waals surface area contributed by atoms with Gasteiger partial charge in [-0.1, -0.05) is 18.6 Å². The van der Waals surface area contributed by atoms with Crippen molar-refractivity contribution in [3.05, 3.63) is 29.8 Å². The summed E-state index contributed by atoms with van der Waals surface area (Å²) in [5.74, 6) is 0.608. The lowest BCUT2D eigenvalue weighted by atomic mass is 9.82. The third-order valence-electron chi connectivity index (χ3n) is 3.27. The molecule has 2 nitrogen and oxygen atoms in total. The van der Waals surface area contributed by atoms with Crippen molar-refractivity contribution in [3.63, 3.8) is 0 Å². The highest BCUT2D eigenvalue weighted by Gasteiger charge is 2.21. The molecule has 0 aliphatic heterocycles. The first-order valence-electron chi connectivity index (χ1n) is 5.95. The van der Waals surface area contributed by atoms with E-state index in [2.05, 4.69) is 4.74 Å². The fourth-order valence-electron chi connectivity index (χ4n) is 2.48. The molecule has 1 aromatic carbocycles. The molecule has 1 aliphatic carbocycles. The molecule has 0 radical (unpaired) electrons. The molecular weight excluding hydrogens is 224 g/mol. The SMILES string of the molecule is NC1CCCC(c2cccc(OC(F)F)c2)C1. The highest BCUT2D eigenvalue weighted by molar-refractivity contribution is 5.31. The van der Waals surface area contributed by atoms with Crippen LogP contribution in [0.2, 0.25) is 0 Å². The van der Waals surface area contributed by atoms with Crippen LogP contribution in [0.5, 0.6) is 5.75 Å². The molecule has 4 heteroatoms.